The van der Waals surface area contributed by atoms with Gasteiger partial charge in [0.2, 0.25) is 11.8 Å². The average molecular weight is 406 g/mol. The highest BCUT2D eigenvalue weighted by Gasteiger charge is 2.31. The van der Waals surface area contributed by atoms with Crippen molar-refractivity contribution in [1.82, 2.24) is 10.2 Å². The molecule has 2 unspecified atom stereocenters. The summed E-state index contributed by atoms with van der Waals surface area (Å²) in [5.74, 6) is 0.235. The summed E-state index contributed by atoms with van der Waals surface area (Å²) < 4.78 is 0. The number of carbonyl (C=O) groups excluding carboxylic acids is 2. The van der Waals surface area contributed by atoms with Crippen LogP contribution in [0.5, 0.6) is 0 Å². The first-order valence-electron chi connectivity index (χ1n) is 11.1. The van der Waals surface area contributed by atoms with Gasteiger partial charge in [0.1, 0.15) is 0 Å². The minimum absolute atomic E-state index is 0.0212. The van der Waals surface area contributed by atoms with Crippen LogP contribution in [0.15, 0.2) is 54.6 Å². The fourth-order valence-corrected chi connectivity index (χ4v) is 4.74. The van der Waals surface area contributed by atoms with Gasteiger partial charge in [0.05, 0.1) is 6.54 Å². The van der Waals surface area contributed by atoms with Crippen LogP contribution >= 0.6 is 0 Å². The third kappa shape index (κ3) is 4.73. The van der Waals surface area contributed by atoms with Crippen molar-refractivity contribution in [2.75, 3.05) is 18.4 Å². The van der Waals surface area contributed by atoms with Crippen LogP contribution < -0.4 is 10.6 Å². The lowest BCUT2D eigenvalue weighted by atomic mass is 10.0. The van der Waals surface area contributed by atoms with E-state index in [0.29, 0.717) is 12.6 Å². The molecule has 3 atom stereocenters. The molecule has 2 aliphatic rings. The third-order valence-corrected chi connectivity index (χ3v) is 6.49. The number of para-hydroxylation sites is 1. The monoisotopic (exact) mass is 405 g/mol. The van der Waals surface area contributed by atoms with Crippen molar-refractivity contribution in [2.45, 2.75) is 51.1 Å². The van der Waals surface area contributed by atoms with E-state index in [-0.39, 0.29) is 23.8 Å². The lowest BCUT2D eigenvalue weighted by Gasteiger charge is -2.22. The Bertz CT molecular complexity index is 883. The minimum atomic E-state index is -0.0212. The number of hydrogen-bond acceptors (Lipinski definition) is 3. The Morgan fingerprint density at radius 1 is 1.00 bits per heavy atom. The van der Waals surface area contributed by atoms with E-state index < -0.39 is 0 Å². The number of rotatable bonds is 6. The van der Waals surface area contributed by atoms with Gasteiger partial charge in [0.25, 0.3) is 0 Å². The highest BCUT2D eigenvalue weighted by atomic mass is 16.2. The van der Waals surface area contributed by atoms with Crippen LogP contribution in [-0.4, -0.2) is 41.9 Å². The summed E-state index contributed by atoms with van der Waals surface area (Å²) in [6, 6.07) is 18.6. The lowest BCUT2D eigenvalue weighted by molar-refractivity contribution is -0.130. The van der Waals surface area contributed by atoms with Crippen LogP contribution in [-0.2, 0) is 9.59 Å². The molecule has 30 heavy (non-hydrogen) atoms. The number of anilines is 1. The number of hydrogen-bond donors (Lipinski definition) is 2. The van der Waals surface area contributed by atoms with Gasteiger partial charge in [-0.15, -0.1) is 0 Å². The standard InChI is InChI=1S/C25H31N3O2/c1-18-8-7-15-28(18)24(29)17-26-21-14-13-20(16-21)25(30)27-23-12-6-5-11-22(23)19-9-3-2-4-10-19/h2-6,9-12,18,20-21,26H,7-8,13-17H2,1H3,(H,27,30)/t18-,20?,21?/m1/s1. The highest BCUT2D eigenvalue weighted by molar-refractivity contribution is 5.97. The highest BCUT2D eigenvalue weighted by Crippen LogP contribution is 2.31. The van der Waals surface area contributed by atoms with Crippen LogP contribution in [0.25, 0.3) is 11.1 Å². The molecule has 1 saturated heterocycles. The smallest absolute Gasteiger partial charge is 0.236 e. The second-order valence-corrected chi connectivity index (χ2v) is 8.57. The van der Waals surface area contributed by atoms with Crippen molar-refractivity contribution in [3.05, 3.63) is 54.6 Å². The van der Waals surface area contributed by atoms with Gasteiger partial charge in [0.15, 0.2) is 0 Å². The molecule has 0 spiro atoms. The van der Waals surface area contributed by atoms with E-state index in [4.69, 9.17) is 0 Å². The van der Waals surface area contributed by atoms with E-state index in [1.54, 1.807) is 0 Å². The van der Waals surface area contributed by atoms with Crippen LogP contribution in [0.1, 0.15) is 39.0 Å². The zero-order chi connectivity index (χ0) is 20.9. The number of carbonyl (C=O) groups is 2. The van der Waals surface area contributed by atoms with Crippen molar-refractivity contribution in [1.29, 1.82) is 0 Å². The maximum absolute atomic E-state index is 12.9. The Morgan fingerprint density at radius 2 is 1.77 bits per heavy atom. The van der Waals surface area contributed by atoms with E-state index >= 15 is 0 Å². The average Bonchev–Trinajstić information content (AvgIpc) is 3.42. The molecule has 2 N–H and O–H groups in total. The molecule has 1 saturated carbocycles. The van der Waals surface area contributed by atoms with Crippen molar-refractivity contribution in [3.8, 4) is 11.1 Å². The molecule has 158 valence electrons. The van der Waals surface area contributed by atoms with E-state index in [0.717, 1.165) is 55.5 Å². The van der Waals surface area contributed by atoms with Crippen molar-refractivity contribution in [3.63, 3.8) is 0 Å². The molecule has 2 amide bonds. The van der Waals surface area contributed by atoms with E-state index in [9.17, 15) is 9.59 Å². The lowest BCUT2D eigenvalue weighted by Crippen LogP contribution is -2.42. The molecular weight excluding hydrogens is 374 g/mol. The zero-order valence-corrected chi connectivity index (χ0v) is 17.6. The molecule has 5 heteroatoms. The summed E-state index contributed by atoms with van der Waals surface area (Å²) in [5, 5.41) is 6.54. The molecule has 2 aromatic carbocycles. The Hall–Kier alpha value is -2.66. The predicted octanol–water partition coefficient (Wildman–Crippen LogP) is 4.06. The molecule has 0 radical (unpaired) electrons. The second kappa shape index (κ2) is 9.43. The normalized spacial score (nSPS) is 23.5. The second-order valence-electron chi connectivity index (χ2n) is 8.57. The molecule has 2 aromatic rings. The summed E-state index contributed by atoms with van der Waals surface area (Å²) in [6.07, 6.45) is 4.76. The molecule has 1 aliphatic heterocycles. The fourth-order valence-electron chi connectivity index (χ4n) is 4.74. The van der Waals surface area contributed by atoms with Gasteiger partial charge in [-0.1, -0.05) is 48.5 Å². The van der Waals surface area contributed by atoms with E-state index in [1.807, 2.05) is 47.4 Å². The number of likely N-dealkylation sites (tertiary alicyclic amines) is 1. The Balaban J connectivity index is 1.31. The first-order chi connectivity index (χ1) is 14.6. The first-order valence-corrected chi connectivity index (χ1v) is 11.1. The van der Waals surface area contributed by atoms with E-state index in [2.05, 4.69) is 29.7 Å². The van der Waals surface area contributed by atoms with Crippen LogP contribution in [0.2, 0.25) is 0 Å². The van der Waals surface area contributed by atoms with Gasteiger partial charge < -0.3 is 15.5 Å². The predicted molar refractivity (Wildman–Crippen MR) is 120 cm³/mol. The molecule has 2 fully saturated rings. The molecule has 4 rings (SSSR count). The Labute approximate surface area is 178 Å². The zero-order valence-electron chi connectivity index (χ0n) is 17.6. The number of benzene rings is 2. The summed E-state index contributed by atoms with van der Waals surface area (Å²) in [5.41, 5.74) is 2.97. The fraction of sp³-hybridized carbons (Fsp3) is 0.440. The van der Waals surface area contributed by atoms with Gasteiger partial charge in [-0.2, -0.15) is 0 Å². The Kier molecular flexibility index (Phi) is 6.48. The number of nitrogens with one attached hydrogen (secondary N) is 2. The quantitative estimate of drug-likeness (QED) is 0.762. The Morgan fingerprint density at radius 3 is 2.53 bits per heavy atom. The summed E-state index contributed by atoms with van der Waals surface area (Å²) in [4.78, 5) is 27.3. The van der Waals surface area contributed by atoms with Crippen molar-refractivity contribution in [2.24, 2.45) is 5.92 Å². The molecule has 0 aromatic heterocycles. The van der Waals surface area contributed by atoms with Crippen LogP contribution in [0, 0.1) is 5.92 Å². The summed E-state index contributed by atoms with van der Waals surface area (Å²) in [6.45, 7) is 3.37. The van der Waals surface area contributed by atoms with Crippen LogP contribution in [0.3, 0.4) is 0 Å². The molecule has 5 nitrogen and oxygen atoms in total. The number of amides is 2. The topological polar surface area (TPSA) is 61.4 Å². The van der Waals surface area contributed by atoms with Crippen LogP contribution in [0.4, 0.5) is 5.69 Å². The largest absolute Gasteiger partial charge is 0.339 e. The van der Waals surface area contributed by atoms with Gasteiger partial charge in [-0.25, -0.2) is 0 Å². The molecule has 0 bridgehead atoms. The maximum Gasteiger partial charge on any atom is 0.236 e. The van der Waals surface area contributed by atoms with Crippen molar-refractivity contribution < 1.29 is 9.59 Å². The molecule has 1 heterocycles. The molecule has 1 aliphatic carbocycles. The van der Waals surface area contributed by atoms with Crippen molar-refractivity contribution >= 4 is 17.5 Å². The summed E-state index contributed by atoms with van der Waals surface area (Å²) in [7, 11) is 0. The third-order valence-electron chi connectivity index (χ3n) is 6.49. The van der Waals surface area contributed by atoms with Gasteiger partial charge in [-0.3, -0.25) is 9.59 Å². The van der Waals surface area contributed by atoms with Gasteiger partial charge >= 0.3 is 0 Å². The number of nitrogens with zero attached hydrogens (tertiary/aromatic N) is 1. The van der Waals surface area contributed by atoms with Gasteiger partial charge in [0, 0.05) is 35.8 Å². The SMILES string of the molecule is C[C@@H]1CCCN1C(=O)CNC1CCC(C(=O)Nc2ccccc2-c2ccccc2)C1. The van der Waals surface area contributed by atoms with E-state index in [1.165, 1.54) is 0 Å². The summed E-state index contributed by atoms with van der Waals surface area (Å²) >= 11 is 0. The minimum Gasteiger partial charge on any atom is -0.339 e. The van der Waals surface area contributed by atoms with Gasteiger partial charge in [-0.05, 0) is 50.7 Å². The first kappa shape index (κ1) is 20.6. The maximum atomic E-state index is 12.9. The molecular formula is C25H31N3O2.